The fourth-order valence-corrected chi connectivity index (χ4v) is 3.68. The molecule has 0 unspecified atom stereocenters. The van der Waals surface area contributed by atoms with Crippen molar-refractivity contribution >= 4 is 28.6 Å². The van der Waals surface area contributed by atoms with Gasteiger partial charge in [0.1, 0.15) is 12.1 Å². The number of fused-ring (bicyclic) bond motifs is 1. The number of carbonyl (C=O) groups excluding carboxylic acids is 1. The van der Waals surface area contributed by atoms with E-state index in [1.165, 1.54) is 6.33 Å². The van der Waals surface area contributed by atoms with Gasteiger partial charge in [0.25, 0.3) is 5.91 Å². The van der Waals surface area contributed by atoms with Crippen LogP contribution < -0.4 is 11.1 Å². The smallest absolute Gasteiger partial charge is 0.278 e. The number of anilines is 2. The topological polar surface area (TPSA) is 141 Å². The maximum atomic E-state index is 12.9. The highest BCUT2D eigenvalue weighted by atomic mass is 16.3. The number of hydrogen-bond donors (Lipinski definition) is 3. The number of hydrogen-bond acceptors (Lipinski definition) is 7. The first kappa shape index (κ1) is 16.5. The molecule has 0 saturated heterocycles. The molecular formula is C18H18N8O2. The summed E-state index contributed by atoms with van der Waals surface area (Å²) < 4.78 is 6.88. The summed E-state index contributed by atoms with van der Waals surface area (Å²) >= 11 is 0. The molecule has 142 valence electrons. The molecule has 0 spiro atoms. The largest absolute Gasteiger partial charge is 0.472 e. The lowest BCUT2D eigenvalue weighted by Gasteiger charge is -2.09. The lowest BCUT2D eigenvalue weighted by Crippen LogP contribution is -2.15. The van der Waals surface area contributed by atoms with Crippen LogP contribution in [0.3, 0.4) is 0 Å². The van der Waals surface area contributed by atoms with E-state index in [2.05, 4.69) is 30.6 Å². The number of nitrogen functional groups attached to an aromatic ring is 1. The highest BCUT2D eigenvalue weighted by molar-refractivity contribution is 6.12. The first-order valence-electron chi connectivity index (χ1n) is 9.08. The molecule has 1 aliphatic carbocycles. The third-order valence-corrected chi connectivity index (χ3v) is 5.06. The van der Waals surface area contributed by atoms with Gasteiger partial charge in [-0.15, -0.1) is 0 Å². The average Bonchev–Trinajstić information content (AvgIpc) is 3.45. The van der Waals surface area contributed by atoms with Gasteiger partial charge in [-0.2, -0.15) is 10.2 Å². The molecule has 4 N–H and O–H groups in total. The van der Waals surface area contributed by atoms with Crippen molar-refractivity contribution in [2.75, 3.05) is 11.1 Å². The first-order valence-corrected chi connectivity index (χ1v) is 9.08. The summed E-state index contributed by atoms with van der Waals surface area (Å²) in [7, 11) is 0. The van der Waals surface area contributed by atoms with E-state index in [9.17, 15) is 4.79 Å². The number of furan rings is 1. The van der Waals surface area contributed by atoms with Crippen LogP contribution in [0.1, 0.15) is 42.2 Å². The van der Waals surface area contributed by atoms with Crippen molar-refractivity contribution in [1.29, 1.82) is 0 Å². The second kappa shape index (κ2) is 6.48. The number of nitrogens with one attached hydrogen (secondary N) is 2. The Morgan fingerprint density at radius 1 is 1.32 bits per heavy atom. The summed E-state index contributed by atoms with van der Waals surface area (Å²) in [4.78, 5) is 21.3. The molecule has 1 saturated carbocycles. The Morgan fingerprint density at radius 3 is 2.96 bits per heavy atom. The molecule has 4 aromatic rings. The number of aromatic nitrogens is 6. The van der Waals surface area contributed by atoms with Gasteiger partial charge < -0.3 is 15.5 Å². The van der Waals surface area contributed by atoms with E-state index in [0.717, 1.165) is 36.9 Å². The van der Waals surface area contributed by atoms with Crippen molar-refractivity contribution in [1.82, 2.24) is 29.9 Å². The number of carbonyl (C=O) groups is 1. The van der Waals surface area contributed by atoms with Gasteiger partial charge in [0.15, 0.2) is 17.2 Å². The van der Waals surface area contributed by atoms with E-state index in [4.69, 9.17) is 10.2 Å². The quantitative estimate of drug-likeness (QED) is 0.496. The summed E-state index contributed by atoms with van der Waals surface area (Å²) in [5, 5.41) is 14.8. The molecule has 0 atom stereocenters. The lowest BCUT2D eigenvalue weighted by molar-refractivity contribution is 0.102. The van der Waals surface area contributed by atoms with Crippen molar-refractivity contribution in [3.05, 3.63) is 36.7 Å². The molecule has 4 heterocycles. The zero-order chi connectivity index (χ0) is 19.1. The van der Waals surface area contributed by atoms with Gasteiger partial charge in [-0.3, -0.25) is 9.89 Å². The third-order valence-electron chi connectivity index (χ3n) is 5.06. The van der Waals surface area contributed by atoms with Crippen LogP contribution in [0.15, 0.2) is 35.4 Å². The Balaban J connectivity index is 1.49. The second-order valence-electron chi connectivity index (χ2n) is 6.82. The van der Waals surface area contributed by atoms with Crippen LogP contribution in [-0.2, 0) is 0 Å². The van der Waals surface area contributed by atoms with E-state index in [1.807, 2.05) is 4.68 Å². The van der Waals surface area contributed by atoms with E-state index in [0.29, 0.717) is 16.9 Å². The minimum absolute atomic E-state index is 0.202. The summed E-state index contributed by atoms with van der Waals surface area (Å²) in [5.41, 5.74) is 8.41. The molecule has 4 aromatic heterocycles. The van der Waals surface area contributed by atoms with Gasteiger partial charge in [0.05, 0.1) is 29.6 Å². The normalized spacial score (nSPS) is 14.7. The van der Waals surface area contributed by atoms with Crippen molar-refractivity contribution < 1.29 is 9.21 Å². The standard InChI is InChI=1S/C18H18N8O2/c19-16-14-15(25-26(11-3-1-2-4-11)17(14)21-9-20-16)18(27)22-13-7-12(23-24-13)10-5-6-28-8-10/h5-9,11H,1-4H2,(H2,19,20,21)(H2,22,23,24,27). The van der Waals surface area contributed by atoms with Gasteiger partial charge in [0, 0.05) is 11.6 Å². The van der Waals surface area contributed by atoms with Crippen molar-refractivity contribution in [3.63, 3.8) is 0 Å². The molecule has 0 aliphatic heterocycles. The van der Waals surface area contributed by atoms with Crippen molar-refractivity contribution in [3.8, 4) is 11.3 Å². The number of nitrogens with two attached hydrogens (primary N) is 1. The number of H-pyrrole nitrogens is 1. The summed E-state index contributed by atoms with van der Waals surface area (Å²) in [6, 6.07) is 3.74. The molecule has 0 radical (unpaired) electrons. The number of aromatic amines is 1. The van der Waals surface area contributed by atoms with Crippen LogP contribution in [0.4, 0.5) is 11.6 Å². The third kappa shape index (κ3) is 2.70. The molecule has 5 rings (SSSR count). The SMILES string of the molecule is Nc1ncnc2c1c(C(=O)Nc1cc(-c3ccoc3)[nH]n1)nn2C1CCCC1. The average molecular weight is 378 g/mol. The number of amides is 1. The first-order chi connectivity index (χ1) is 13.7. The molecule has 1 fully saturated rings. The fourth-order valence-electron chi connectivity index (χ4n) is 3.68. The van der Waals surface area contributed by atoms with Crippen molar-refractivity contribution in [2.45, 2.75) is 31.7 Å². The van der Waals surface area contributed by atoms with Crippen LogP contribution in [0.2, 0.25) is 0 Å². The molecular weight excluding hydrogens is 360 g/mol. The minimum Gasteiger partial charge on any atom is -0.472 e. The molecule has 10 nitrogen and oxygen atoms in total. The van der Waals surface area contributed by atoms with Crippen LogP contribution in [0.5, 0.6) is 0 Å². The van der Waals surface area contributed by atoms with Crippen molar-refractivity contribution in [2.24, 2.45) is 0 Å². The number of rotatable bonds is 4. The predicted octanol–water partition coefficient (Wildman–Crippen LogP) is 2.76. The maximum Gasteiger partial charge on any atom is 0.278 e. The Kier molecular flexibility index (Phi) is 3.81. The van der Waals surface area contributed by atoms with Gasteiger partial charge in [-0.05, 0) is 18.9 Å². The van der Waals surface area contributed by atoms with Gasteiger partial charge in [-0.1, -0.05) is 12.8 Å². The minimum atomic E-state index is -0.409. The Labute approximate surface area is 159 Å². The lowest BCUT2D eigenvalue weighted by atomic mass is 10.2. The highest BCUT2D eigenvalue weighted by Crippen LogP contribution is 2.33. The Morgan fingerprint density at radius 2 is 2.18 bits per heavy atom. The molecule has 0 aromatic carbocycles. The summed E-state index contributed by atoms with van der Waals surface area (Å²) in [6.07, 6.45) is 8.85. The zero-order valence-corrected chi connectivity index (χ0v) is 14.9. The van der Waals surface area contributed by atoms with Crippen LogP contribution in [-0.4, -0.2) is 35.9 Å². The molecule has 28 heavy (non-hydrogen) atoms. The zero-order valence-electron chi connectivity index (χ0n) is 14.9. The van der Waals surface area contributed by atoms with Crippen LogP contribution in [0.25, 0.3) is 22.3 Å². The Hall–Kier alpha value is -3.69. The van der Waals surface area contributed by atoms with Gasteiger partial charge in [-0.25, -0.2) is 14.6 Å². The highest BCUT2D eigenvalue weighted by Gasteiger charge is 2.27. The molecule has 1 aliphatic rings. The molecule has 10 heteroatoms. The molecule has 1 amide bonds. The van der Waals surface area contributed by atoms with Gasteiger partial charge >= 0.3 is 0 Å². The van der Waals surface area contributed by atoms with Crippen LogP contribution in [0, 0.1) is 0 Å². The summed E-state index contributed by atoms with van der Waals surface area (Å²) in [5.74, 6) is 0.203. The van der Waals surface area contributed by atoms with E-state index in [1.54, 1.807) is 24.7 Å². The summed E-state index contributed by atoms with van der Waals surface area (Å²) in [6.45, 7) is 0. The van der Waals surface area contributed by atoms with E-state index in [-0.39, 0.29) is 17.6 Å². The van der Waals surface area contributed by atoms with Gasteiger partial charge in [0.2, 0.25) is 0 Å². The molecule has 0 bridgehead atoms. The van der Waals surface area contributed by atoms with Crippen LogP contribution >= 0.6 is 0 Å². The number of nitrogens with zero attached hydrogens (tertiary/aromatic N) is 5. The monoisotopic (exact) mass is 378 g/mol. The van der Waals surface area contributed by atoms with E-state index >= 15 is 0 Å². The predicted molar refractivity (Wildman–Crippen MR) is 101 cm³/mol. The maximum absolute atomic E-state index is 12.9. The van der Waals surface area contributed by atoms with E-state index < -0.39 is 5.91 Å². The second-order valence-corrected chi connectivity index (χ2v) is 6.82. The fraction of sp³-hybridized carbons (Fsp3) is 0.278. The Bertz CT molecular complexity index is 1140.